The van der Waals surface area contributed by atoms with Gasteiger partial charge in [-0.2, -0.15) is 0 Å². The van der Waals surface area contributed by atoms with Crippen molar-refractivity contribution in [3.05, 3.63) is 44.9 Å². The Balaban J connectivity index is 0.00000192. The second kappa shape index (κ2) is 8.55. The third kappa shape index (κ3) is 4.75. The summed E-state index contributed by atoms with van der Waals surface area (Å²) in [6.45, 7) is 0. The minimum Gasteiger partial charge on any atom is -0.301 e. The molecule has 1 aliphatic heterocycles. The maximum Gasteiger partial charge on any atom is 0.244 e. The van der Waals surface area contributed by atoms with Crippen molar-refractivity contribution < 1.29 is 4.79 Å². The largest absolute Gasteiger partial charge is 0.301 e. The van der Waals surface area contributed by atoms with Gasteiger partial charge in [0.05, 0.1) is 16.1 Å². The third-order valence-electron chi connectivity index (χ3n) is 3.21. The number of anilines is 1. The number of nitrogens with one attached hydrogen (secondary N) is 2. The van der Waals surface area contributed by atoms with E-state index in [1.165, 1.54) is 11.3 Å². The van der Waals surface area contributed by atoms with E-state index in [4.69, 9.17) is 23.2 Å². The Kier molecular flexibility index (Phi) is 7.00. The van der Waals surface area contributed by atoms with Gasteiger partial charge in [0.25, 0.3) is 0 Å². The Labute approximate surface area is 158 Å². The van der Waals surface area contributed by atoms with E-state index >= 15 is 0 Å². The highest BCUT2D eigenvalue weighted by Gasteiger charge is 2.23. The molecule has 9 heteroatoms. The fraction of sp³-hybridized carbons (Fsp3) is 0.286. The highest BCUT2D eigenvalue weighted by Crippen LogP contribution is 2.29. The molecule has 1 amide bonds. The maximum atomic E-state index is 12.0. The van der Waals surface area contributed by atoms with Crippen LogP contribution in [-0.2, 0) is 11.2 Å². The van der Waals surface area contributed by atoms with Gasteiger partial charge in [-0.15, -0.1) is 35.5 Å². The molecule has 1 unspecified atom stereocenters. The molecule has 1 aromatic heterocycles. The Bertz CT molecular complexity index is 690. The van der Waals surface area contributed by atoms with Crippen LogP contribution in [0.2, 0.25) is 10.0 Å². The van der Waals surface area contributed by atoms with Crippen LogP contribution in [0.4, 0.5) is 5.13 Å². The topological polar surface area (TPSA) is 54.0 Å². The molecule has 1 aliphatic rings. The smallest absolute Gasteiger partial charge is 0.244 e. The number of thioether (sulfide) groups is 1. The normalized spacial score (nSPS) is 16.9. The quantitative estimate of drug-likeness (QED) is 0.798. The first-order chi connectivity index (χ1) is 10.6. The number of halogens is 3. The number of carbonyl (C=O) groups excluding carboxylic acids is 1. The molecule has 1 aromatic carbocycles. The molecule has 0 aliphatic carbocycles. The number of hydrogen-bond acceptors (Lipinski definition) is 5. The SMILES string of the molecule is Cl.O=C(Nc1ncc(Cc2cccc(Cl)c2Cl)s1)C1CSCN1. The van der Waals surface area contributed by atoms with Crippen molar-refractivity contribution in [2.24, 2.45) is 0 Å². The number of benzene rings is 1. The Morgan fingerprint density at radius 2 is 2.26 bits per heavy atom. The molecule has 2 heterocycles. The van der Waals surface area contributed by atoms with Crippen molar-refractivity contribution in [2.75, 3.05) is 16.9 Å². The van der Waals surface area contributed by atoms with E-state index < -0.39 is 0 Å². The molecule has 1 saturated heterocycles. The van der Waals surface area contributed by atoms with Crippen molar-refractivity contribution in [3.8, 4) is 0 Å². The molecule has 0 bridgehead atoms. The number of thiazole rings is 1. The van der Waals surface area contributed by atoms with Crippen molar-refractivity contribution in [1.82, 2.24) is 10.3 Å². The maximum absolute atomic E-state index is 12.0. The van der Waals surface area contributed by atoms with Gasteiger partial charge in [0.15, 0.2) is 5.13 Å². The summed E-state index contributed by atoms with van der Waals surface area (Å²) in [6.07, 6.45) is 2.40. The van der Waals surface area contributed by atoms with Gasteiger partial charge in [-0.3, -0.25) is 10.1 Å². The zero-order valence-corrected chi connectivity index (χ0v) is 15.8. The van der Waals surface area contributed by atoms with Gasteiger partial charge in [-0.1, -0.05) is 35.3 Å². The van der Waals surface area contributed by atoms with Crippen LogP contribution >= 0.6 is 58.7 Å². The first kappa shape index (κ1) is 18.8. The van der Waals surface area contributed by atoms with E-state index in [-0.39, 0.29) is 24.4 Å². The standard InChI is InChI=1S/C14H13Cl2N3OS2.ClH/c15-10-3-1-2-8(12(10)16)4-9-5-17-14(22-9)19-13(20)11-6-21-7-18-11;/h1-3,5,11,18H,4,6-7H2,(H,17,19,20);1H. The molecule has 124 valence electrons. The molecule has 23 heavy (non-hydrogen) atoms. The summed E-state index contributed by atoms with van der Waals surface area (Å²) in [5.74, 6) is 1.57. The number of amides is 1. The molecular formula is C14H14Cl3N3OS2. The summed E-state index contributed by atoms with van der Waals surface area (Å²) in [7, 11) is 0. The van der Waals surface area contributed by atoms with E-state index in [1.54, 1.807) is 24.0 Å². The minimum atomic E-state index is -0.139. The van der Waals surface area contributed by atoms with Crippen LogP contribution in [0, 0.1) is 0 Å². The lowest BCUT2D eigenvalue weighted by Crippen LogP contribution is -2.37. The summed E-state index contributed by atoms with van der Waals surface area (Å²) in [6, 6.07) is 5.43. The molecule has 3 rings (SSSR count). The first-order valence-corrected chi connectivity index (χ1v) is 9.36. The fourth-order valence-electron chi connectivity index (χ4n) is 2.08. The van der Waals surface area contributed by atoms with Crippen molar-refractivity contribution in [3.63, 3.8) is 0 Å². The molecular weight excluding hydrogens is 397 g/mol. The van der Waals surface area contributed by atoms with E-state index in [0.29, 0.717) is 21.6 Å². The lowest BCUT2D eigenvalue weighted by atomic mass is 10.1. The molecule has 0 radical (unpaired) electrons. The Morgan fingerprint density at radius 1 is 1.43 bits per heavy atom. The average Bonchev–Trinajstić information content (AvgIpc) is 3.15. The second-order valence-corrected chi connectivity index (χ2v) is 7.71. The number of rotatable bonds is 4. The van der Waals surface area contributed by atoms with Gasteiger partial charge < -0.3 is 5.32 Å². The molecule has 2 N–H and O–H groups in total. The van der Waals surface area contributed by atoms with E-state index in [0.717, 1.165) is 22.1 Å². The van der Waals surface area contributed by atoms with Crippen LogP contribution in [0.15, 0.2) is 24.4 Å². The van der Waals surface area contributed by atoms with Gasteiger partial charge in [0, 0.05) is 29.1 Å². The van der Waals surface area contributed by atoms with Gasteiger partial charge in [0.1, 0.15) is 0 Å². The van der Waals surface area contributed by atoms with Gasteiger partial charge in [-0.05, 0) is 11.6 Å². The lowest BCUT2D eigenvalue weighted by Gasteiger charge is -2.07. The van der Waals surface area contributed by atoms with Crippen molar-refractivity contribution >= 4 is 69.7 Å². The molecule has 0 saturated carbocycles. The fourth-order valence-corrected chi connectivity index (χ4v) is 4.24. The lowest BCUT2D eigenvalue weighted by molar-refractivity contribution is -0.117. The summed E-state index contributed by atoms with van der Waals surface area (Å²) < 4.78 is 0. The highest BCUT2D eigenvalue weighted by atomic mass is 35.5. The van der Waals surface area contributed by atoms with Gasteiger partial charge in [-0.25, -0.2) is 4.98 Å². The average molecular weight is 411 g/mol. The number of hydrogen-bond donors (Lipinski definition) is 2. The number of aromatic nitrogens is 1. The zero-order chi connectivity index (χ0) is 15.5. The van der Waals surface area contributed by atoms with Crippen LogP contribution < -0.4 is 10.6 Å². The summed E-state index contributed by atoms with van der Waals surface area (Å²) >= 11 is 15.4. The predicted octanol–water partition coefficient (Wildman–Crippen LogP) is 4.06. The minimum absolute atomic E-state index is 0. The van der Waals surface area contributed by atoms with Crippen molar-refractivity contribution in [1.29, 1.82) is 0 Å². The monoisotopic (exact) mass is 409 g/mol. The number of carbonyl (C=O) groups is 1. The van der Waals surface area contributed by atoms with Crippen LogP contribution in [0.1, 0.15) is 10.4 Å². The first-order valence-electron chi connectivity index (χ1n) is 6.63. The molecule has 4 nitrogen and oxygen atoms in total. The molecule has 0 spiro atoms. The second-order valence-electron chi connectivity index (χ2n) is 4.78. The molecule has 2 aromatic rings. The van der Waals surface area contributed by atoms with E-state index in [2.05, 4.69) is 15.6 Å². The summed E-state index contributed by atoms with van der Waals surface area (Å²) in [5, 5.41) is 7.70. The molecule has 1 fully saturated rings. The van der Waals surface area contributed by atoms with E-state index in [9.17, 15) is 4.79 Å². The Hall–Kier alpha value is -0.500. The summed E-state index contributed by atoms with van der Waals surface area (Å²) in [5.41, 5.74) is 0.949. The van der Waals surface area contributed by atoms with Crippen LogP contribution in [0.3, 0.4) is 0 Å². The number of nitrogens with zero attached hydrogens (tertiary/aromatic N) is 1. The van der Waals surface area contributed by atoms with E-state index in [1.807, 2.05) is 12.1 Å². The highest BCUT2D eigenvalue weighted by molar-refractivity contribution is 7.99. The van der Waals surface area contributed by atoms with Crippen LogP contribution in [-0.4, -0.2) is 28.6 Å². The van der Waals surface area contributed by atoms with Gasteiger partial charge in [0.2, 0.25) is 5.91 Å². The van der Waals surface area contributed by atoms with Crippen LogP contribution in [0.25, 0.3) is 0 Å². The van der Waals surface area contributed by atoms with Gasteiger partial charge >= 0.3 is 0 Å². The van der Waals surface area contributed by atoms with Crippen LogP contribution in [0.5, 0.6) is 0 Å². The molecule has 1 atom stereocenters. The van der Waals surface area contributed by atoms with Crippen molar-refractivity contribution in [2.45, 2.75) is 12.5 Å². The zero-order valence-electron chi connectivity index (χ0n) is 11.8. The Morgan fingerprint density at radius 3 is 3.00 bits per heavy atom. The third-order valence-corrected chi connectivity index (χ3v) is 5.92. The summed E-state index contributed by atoms with van der Waals surface area (Å²) in [4.78, 5) is 17.3. The predicted molar refractivity (Wildman–Crippen MR) is 102 cm³/mol.